The zero-order chi connectivity index (χ0) is 10.1. The minimum atomic E-state index is -4.64. The highest BCUT2D eigenvalue weighted by molar-refractivity contribution is 5.06. The number of aromatic nitrogens is 2. The van der Waals surface area contributed by atoms with Crippen LogP contribution in [-0.2, 0) is 6.42 Å². The first-order chi connectivity index (χ1) is 5.95. The number of nitrogens with zero attached hydrogens (tertiary/aromatic N) is 1. The molecule has 6 heteroatoms. The molecule has 0 aliphatic rings. The number of hydrogen-bond donors (Lipinski definition) is 2. The fourth-order valence-electron chi connectivity index (χ4n) is 0.874. The summed E-state index contributed by atoms with van der Waals surface area (Å²) in [5.74, 6) is 0.429. The van der Waals surface area contributed by atoms with Gasteiger partial charge >= 0.3 is 6.18 Å². The summed E-state index contributed by atoms with van der Waals surface area (Å²) < 4.78 is 35.9. The Bertz CT molecular complexity index is 282. The first kappa shape index (κ1) is 10.0. The summed E-state index contributed by atoms with van der Waals surface area (Å²) in [6.45, 7) is 1.75. The molecule has 0 radical (unpaired) electrons. The average Bonchev–Trinajstić information content (AvgIpc) is 2.48. The third-order valence-corrected chi connectivity index (χ3v) is 1.59. The maximum absolute atomic E-state index is 12.0. The van der Waals surface area contributed by atoms with Crippen molar-refractivity contribution in [2.75, 3.05) is 0 Å². The number of halogens is 3. The molecule has 0 fully saturated rings. The number of nitrogens with one attached hydrogen (secondary N) is 1. The van der Waals surface area contributed by atoms with Gasteiger partial charge in [0.25, 0.3) is 0 Å². The van der Waals surface area contributed by atoms with E-state index in [1.807, 2.05) is 0 Å². The Hall–Kier alpha value is -1.04. The molecule has 0 saturated carbocycles. The van der Waals surface area contributed by atoms with Gasteiger partial charge in [0.1, 0.15) is 5.82 Å². The molecule has 0 saturated heterocycles. The molecule has 13 heavy (non-hydrogen) atoms. The molecule has 0 spiro atoms. The smallest absolute Gasteiger partial charge is 0.378 e. The number of H-pyrrole nitrogens is 1. The molecule has 1 rings (SSSR count). The molecule has 1 heterocycles. The van der Waals surface area contributed by atoms with Gasteiger partial charge in [0.05, 0.1) is 11.9 Å². The van der Waals surface area contributed by atoms with Crippen LogP contribution in [0.3, 0.4) is 0 Å². The Morgan fingerprint density at radius 2 is 2.23 bits per heavy atom. The van der Waals surface area contributed by atoms with Crippen LogP contribution in [0, 0.1) is 0 Å². The molecule has 0 aliphatic carbocycles. The van der Waals surface area contributed by atoms with Crippen LogP contribution in [0.15, 0.2) is 6.20 Å². The lowest BCUT2D eigenvalue weighted by molar-refractivity contribution is -0.207. The maximum atomic E-state index is 12.0. The lowest BCUT2D eigenvalue weighted by Crippen LogP contribution is -2.20. The van der Waals surface area contributed by atoms with Crippen LogP contribution in [0.25, 0.3) is 0 Å². The molecule has 1 aromatic heterocycles. The van der Waals surface area contributed by atoms with Gasteiger partial charge in [-0.25, -0.2) is 4.98 Å². The van der Waals surface area contributed by atoms with Crippen LogP contribution in [-0.4, -0.2) is 21.3 Å². The normalized spacial score (nSPS) is 14.5. The number of rotatable bonds is 2. The Balaban J connectivity index is 2.83. The number of imidazole rings is 1. The van der Waals surface area contributed by atoms with Gasteiger partial charge in [-0.1, -0.05) is 6.92 Å². The Morgan fingerprint density at radius 1 is 1.62 bits per heavy atom. The van der Waals surface area contributed by atoms with Crippen molar-refractivity contribution in [2.45, 2.75) is 25.6 Å². The summed E-state index contributed by atoms with van der Waals surface area (Å²) in [6.07, 6.45) is -5.61. The first-order valence-corrected chi connectivity index (χ1v) is 3.73. The van der Waals surface area contributed by atoms with Gasteiger partial charge in [-0.3, -0.25) is 0 Å². The summed E-state index contributed by atoms with van der Waals surface area (Å²) in [5, 5.41) is 8.77. The molecule has 0 amide bonds. The van der Waals surface area contributed by atoms with E-state index in [-0.39, 0.29) is 5.69 Å². The first-order valence-electron chi connectivity index (χ1n) is 3.73. The highest BCUT2D eigenvalue weighted by Gasteiger charge is 2.40. The van der Waals surface area contributed by atoms with Crippen LogP contribution in [0.2, 0.25) is 0 Å². The Morgan fingerprint density at radius 3 is 2.62 bits per heavy atom. The predicted octanol–water partition coefficient (Wildman–Crippen LogP) is 1.57. The van der Waals surface area contributed by atoms with Crippen LogP contribution in [0.1, 0.15) is 24.5 Å². The molecule has 2 N–H and O–H groups in total. The maximum Gasteiger partial charge on any atom is 0.420 e. The van der Waals surface area contributed by atoms with Crippen LogP contribution in [0.4, 0.5) is 13.2 Å². The van der Waals surface area contributed by atoms with Gasteiger partial charge in [0.2, 0.25) is 0 Å². The Labute approximate surface area is 72.6 Å². The van der Waals surface area contributed by atoms with Gasteiger partial charge in [-0.15, -0.1) is 0 Å². The summed E-state index contributed by atoms with van der Waals surface area (Å²) in [4.78, 5) is 6.04. The zero-order valence-corrected chi connectivity index (χ0v) is 6.89. The minimum Gasteiger partial charge on any atom is -0.378 e. The fourth-order valence-corrected chi connectivity index (χ4v) is 0.874. The second-order valence-electron chi connectivity index (χ2n) is 2.58. The van der Waals surface area contributed by atoms with Gasteiger partial charge in [-0.2, -0.15) is 13.2 Å². The molecule has 0 bridgehead atoms. The van der Waals surface area contributed by atoms with Crippen LogP contribution in [0.5, 0.6) is 0 Å². The number of aliphatic hydroxyl groups excluding tert-OH is 1. The highest BCUT2D eigenvalue weighted by Crippen LogP contribution is 2.31. The largest absolute Gasteiger partial charge is 0.420 e. The van der Waals surface area contributed by atoms with Crippen LogP contribution >= 0.6 is 0 Å². The molecule has 1 atom stereocenters. The van der Waals surface area contributed by atoms with E-state index in [9.17, 15) is 13.2 Å². The SMILES string of the molecule is CCc1ncc(C(O)C(F)(F)F)[nH]1. The molecule has 0 aliphatic heterocycles. The third kappa shape index (κ3) is 2.21. The van der Waals surface area contributed by atoms with Crippen molar-refractivity contribution in [1.82, 2.24) is 9.97 Å². The quantitative estimate of drug-likeness (QED) is 0.750. The highest BCUT2D eigenvalue weighted by atomic mass is 19.4. The summed E-state index contributed by atoms with van der Waals surface area (Å²) in [6, 6.07) is 0. The molecular weight excluding hydrogens is 185 g/mol. The van der Waals surface area contributed by atoms with Gasteiger partial charge in [0.15, 0.2) is 6.10 Å². The number of aryl methyl sites for hydroxylation is 1. The molecule has 3 nitrogen and oxygen atoms in total. The van der Waals surface area contributed by atoms with Crippen molar-refractivity contribution in [1.29, 1.82) is 0 Å². The van der Waals surface area contributed by atoms with Gasteiger partial charge < -0.3 is 10.1 Å². The predicted molar refractivity (Wildman–Crippen MR) is 39.0 cm³/mol. The van der Waals surface area contributed by atoms with E-state index in [4.69, 9.17) is 5.11 Å². The topological polar surface area (TPSA) is 48.9 Å². The van der Waals surface area contributed by atoms with E-state index < -0.39 is 12.3 Å². The van der Waals surface area contributed by atoms with Crippen molar-refractivity contribution < 1.29 is 18.3 Å². The second-order valence-corrected chi connectivity index (χ2v) is 2.58. The van der Waals surface area contributed by atoms with Gasteiger partial charge in [-0.05, 0) is 0 Å². The molecular formula is C7H9F3N2O. The summed E-state index contributed by atoms with van der Waals surface area (Å²) in [7, 11) is 0. The zero-order valence-electron chi connectivity index (χ0n) is 6.89. The lowest BCUT2D eigenvalue weighted by atomic mass is 10.3. The standard InChI is InChI=1S/C7H9F3N2O/c1-2-5-11-3-4(12-5)6(13)7(8,9)10/h3,6,13H,2H2,1H3,(H,11,12). The molecule has 1 unspecified atom stereocenters. The van der Waals surface area contributed by atoms with E-state index in [1.165, 1.54) is 0 Å². The van der Waals surface area contributed by atoms with Crippen molar-refractivity contribution in [2.24, 2.45) is 0 Å². The lowest BCUT2D eigenvalue weighted by Gasteiger charge is -2.11. The monoisotopic (exact) mass is 194 g/mol. The van der Waals surface area contributed by atoms with Crippen molar-refractivity contribution in [3.05, 3.63) is 17.7 Å². The van der Waals surface area contributed by atoms with E-state index in [1.54, 1.807) is 6.92 Å². The number of hydrogen-bond acceptors (Lipinski definition) is 2. The fraction of sp³-hybridized carbons (Fsp3) is 0.571. The van der Waals surface area contributed by atoms with E-state index in [0.717, 1.165) is 6.20 Å². The van der Waals surface area contributed by atoms with Crippen LogP contribution < -0.4 is 0 Å². The van der Waals surface area contributed by atoms with Crippen molar-refractivity contribution in [3.8, 4) is 0 Å². The molecule has 0 aromatic carbocycles. The number of alkyl halides is 3. The summed E-state index contributed by atoms with van der Waals surface area (Å²) in [5.41, 5.74) is -0.315. The molecule has 1 aromatic rings. The summed E-state index contributed by atoms with van der Waals surface area (Å²) >= 11 is 0. The van der Waals surface area contributed by atoms with E-state index >= 15 is 0 Å². The van der Waals surface area contributed by atoms with E-state index in [2.05, 4.69) is 9.97 Å². The average molecular weight is 194 g/mol. The number of aromatic amines is 1. The van der Waals surface area contributed by atoms with E-state index in [0.29, 0.717) is 12.2 Å². The Kier molecular flexibility index (Phi) is 2.60. The minimum absolute atomic E-state index is 0.315. The number of aliphatic hydroxyl groups is 1. The van der Waals surface area contributed by atoms with Crippen molar-refractivity contribution in [3.63, 3.8) is 0 Å². The second kappa shape index (κ2) is 3.37. The van der Waals surface area contributed by atoms with Gasteiger partial charge in [0, 0.05) is 6.42 Å². The van der Waals surface area contributed by atoms with Crippen molar-refractivity contribution >= 4 is 0 Å². The molecule has 74 valence electrons. The third-order valence-electron chi connectivity index (χ3n) is 1.59.